The lowest BCUT2D eigenvalue weighted by molar-refractivity contribution is 0.814. The van der Waals surface area contributed by atoms with Gasteiger partial charge in [0.15, 0.2) is 0 Å². The summed E-state index contributed by atoms with van der Waals surface area (Å²) in [6, 6.07) is 27.5. The van der Waals surface area contributed by atoms with E-state index in [2.05, 4.69) is 128 Å². The van der Waals surface area contributed by atoms with Gasteiger partial charge in [0.1, 0.15) is 0 Å². The number of aryl methyl sites for hydroxylation is 3. The summed E-state index contributed by atoms with van der Waals surface area (Å²) in [7, 11) is -0.562. The maximum Gasteiger partial charge on any atom is 0.0815 e. The second-order valence-electron chi connectivity index (χ2n) is 13.6. The van der Waals surface area contributed by atoms with Gasteiger partial charge in [-0.15, -0.1) is 0 Å². The Balaban J connectivity index is 0.000000332. The molecule has 0 aliphatic heterocycles. The van der Waals surface area contributed by atoms with Crippen LogP contribution >= 0.6 is 7.26 Å². The van der Waals surface area contributed by atoms with Crippen molar-refractivity contribution in [1.29, 1.82) is 0 Å². The maximum atomic E-state index is 2.40. The van der Waals surface area contributed by atoms with E-state index in [-0.39, 0.29) is 0 Å². The van der Waals surface area contributed by atoms with Crippen molar-refractivity contribution in [3.8, 4) is 0 Å². The summed E-state index contributed by atoms with van der Waals surface area (Å²) in [5.74, 6) is 0. The zero-order valence-electron chi connectivity index (χ0n) is 29.6. The van der Waals surface area contributed by atoms with Crippen LogP contribution in [-0.2, 0) is 0 Å². The van der Waals surface area contributed by atoms with Crippen LogP contribution in [0.15, 0.2) is 72.8 Å². The molecule has 43 heavy (non-hydrogen) atoms. The van der Waals surface area contributed by atoms with Crippen molar-refractivity contribution in [3.63, 3.8) is 0 Å². The Kier molecular flexibility index (Phi) is 17.6. The van der Waals surface area contributed by atoms with Gasteiger partial charge in [-0.05, 0) is 46.5 Å². The third-order valence-corrected chi connectivity index (χ3v) is 14.8. The number of hydrogen-bond donors (Lipinski definition) is 0. The molecule has 2 heteroatoms. The van der Waals surface area contributed by atoms with E-state index in [1.807, 2.05) is 0 Å². The third-order valence-electron chi connectivity index (χ3n) is 9.77. The van der Waals surface area contributed by atoms with Crippen LogP contribution in [0.5, 0.6) is 0 Å². The first-order valence-corrected chi connectivity index (χ1v) is 20.6. The molecule has 0 amide bonds. The summed E-state index contributed by atoms with van der Waals surface area (Å²) in [5.41, 5.74) is 8.42. The Bertz CT molecular complexity index is 1020. The van der Waals surface area contributed by atoms with E-state index in [0.29, 0.717) is 0 Å². The van der Waals surface area contributed by atoms with Gasteiger partial charge in [-0.25, -0.2) is 0 Å². The molecule has 0 bridgehead atoms. The number of hydrogen-bond acceptors (Lipinski definition) is 0. The van der Waals surface area contributed by atoms with Crippen LogP contribution in [0.3, 0.4) is 0 Å². The average Bonchev–Trinajstić information content (AvgIpc) is 3.01. The lowest BCUT2D eigenvalue weighted by atomic mass is 9.14. The highest BCUT2D eigenvalue weighted by Crippen LogP contribution is 2.61. The predicted molar refractivity (Wildman–Crippen MR) is 204 cm³/mol. The van der Waals surface area contributed by atoms with Gasteiger partial charge in [-0.1, -0.05) is 163 Å². The Morgan fingerprint density at radius 3 is 1.00 bits per heavy atom. The fourth-order valence-electron chi connectivity index (χ4n) is 7.16. The molecular formula is C41H66BP. The predicted octanol–water partition coefficient (Wildman–Crippen LogP) is 11.1. The lowest BCUT2D eigenvalue weighted by Gasteiger charge is -2.44. The molecule has 0 N–H and O–H groups in total. The molecule has 0 unspecified atom stereocenters. The SMILES string of the molecule is CCCC[B-](c1cccc(C)c1)(c1cccc(C)c1)c1cccc(C)c1.CCCC[P+](CCCC)(CCCC)CCCC. The quantitative estimate of drug-likeness (QED) is 0.101. The summed E-state index contributed by atoms with van der Waals surface area (Å²) < 4.78 is 0. The van der Waals surface area contributed by atoms with Crippen LogP contribution in [-0.4, -0.2) is 30.8 Å². The molecule has 0 radical (unpaired) electrons. The molecule has 0 fully saturated rings. The summed E-state index contributed by atoms with van der Waals surface area (Å²) >= 11 is 0. The van der Waals surface area contributed by atoms with Crippen LogP contribution in [0.1, 0.15) is 116 Å². The van der Waals surface area contributed by atoms with E-state index in [1.54, 1.807) is 24.6 Å². The minimum atomic E-state index is -0.971. The highest BCUT2D eigenvalue weighted by molar-refractivity contribution is 7.75. The second kappa shape index (κ2) is 20.2. The normalized spacial score (nSPS) is 11.7. The highest BCUT2D eigenvalue weighted by atomic mass is 31.2. The fraction of sp³-hybridized carbons (Fsp3) is 0.561. The van der Waals surface area contributed by atoms with Crippen molar-refractivity contribution in [2.45, 2.75) is 126 Å². The standard InChI is InChI=1S/C25H30B.C16H36P/c1-5-6-16-26(23-13-7-10-20(2)17-23,24-14-8-11-21(3)18-24)25-15-9-12-22(4)19-25;1-5-9-13-17(14-10-6-2,15-11-7-3)16-12-8-4/h7-15,17-19H,5-6,16H2,1-4H3;5-16H2,1-4H3/q-1;+1. The first kappa shape index (κ1) is 37.3. The zero-order chi connectivity index (χ0) is 31.6. The molecule has 0 nitrogen and oxygen atoms in total. The molecule has 238 valence electrons. The van der Waals surface area contributed by atoms with E-state index in [4.69, 9.17) is 0 Å². The summed E-state index contributed by atoms with van der Waals surface area (Å²) in [5, 5.41) is 0. The van der Waals surface area contributed by atoms with E-state index in [9.17, 15) is 0 Å². The molecule has 0 saturated heterocycles. The third kappa shape index (κ3) is 11.5. The van der Waals surface area contributed by atoms with E-state index in [0.717, 1.165) is 0 Å². The molecule has 0 heterocycles. The summed E-state index contributed by atoms with van der Waals surface area (Å²) in [4.78, 5) is 0. The van der Waals surface area contributed by atoms with Gasteiger partial charge in [-0.3, -0.25) is 0 Å². The first-order chi connectivity index (χ1) is 20.8. The second-order valence-corrected chi connectivity index (χ2v) is 18.1. The minimum Gasteiger partial charge on any atom is -0.200 e. The van der Waals surface area contributed by atoms with Gasteiger partial charge < -0.3 is 0 Å². The van der Waals surface area contributed by atoms with Gasteiger partial charge in [0.25, 0.3) is 0 Å². The molecule has 3 aromatic rings. The monoisotopic (exact) mass is 600 g/mol. The molecule has 0 aliphatic carbocycles. The lowest BCUT2D eigenvalue weighted by Crippen LogP contribution is -2.67. The Morgan fingerprint density at radius 1 is 0.442 bits per heavy atom. The van der Waals surface area contributed by atoms with Crippen LogP contribution in [0.4, 0.5) is 0 Å². The van der Waals surface area contributed by atoms with Crippen LogP contribution < -0.4 is 16.4 Å². The highest BCUT2D eigenvalue weighted by Gasteiger charge is 2.34. The van der Waals surface area contributed by atoms with E-state index >= 15 is 0 Å². The molecule has 0 saturated carbocycles. The van der Waals surface area contributed by atoms with Crippen LogP contribution in [0.25, 0.3) is 0 Å². The Labute approximate surface area is 269 Å². The van der Waals surface area contributed by atoms with Crippen molar-refractivity contribution in [1.82, 2.24) is 0 Å². The van der Waals surface area contributed by atoms with Crippen LogP contribution in [0.2, 0.25) is 6.32 Å². The molecule has 3 rings (SSSR count). The first-order valence-electron chi connectivity index (χ1n) is 18.0. The Hall–Kier alpha value is -1.85. The maximum absolute atomic E-state index is 2.40. The van der Waals surface area contributed by atoms with Crippen molar-refractivity contribution < 1.29 is 0 Å². The molecule has 0 spiro atoms. The van der Waals surface area contributed by atoms with Crippen molar-refractivity contribution in [3.05, 3.63) is 89.5 Å². The minimum absolute atomic E-state index is 0.562. The molecule has 0 aromatic heterocycles. The average molecular weight is 601 g/mol. The van der Waals surface area contributed by atoms with Crippen LogP contribution in [0, 0.1) is 20.8 Å². The van der Waals surface area contributed by atoms with Crippen molar-refractivity contribution >= 4 is 29.8 Å². The van der Waals surface area contributed by atoms with Crippen molar-refractivity contribution in [2.75, 3.05) is 24.6 Å². The van der Waals surface area contributed by atoms with Crippen molar-refractivity contribution in [2.24, 2.45) is 0 Å². The van der Waals surface area contributed by atoms with Gasteiger partial charge in [0.05, 0.1) is 30.8 Å². The summed E-state index contributed by atoms with van der Waals surface area (Å²) in [6.45, 7) is 18.3. The fourth-order valence-corrected chi connectivity index (χ4v) is 12.5. The molecule has 3 aromatic carbocycles. The van der Waals surface area contributed by atoms with Gasteiger partial charge in [-0.2, -0.15) is 22.7 Å². The van der Waals surface area contributed by atoms with Gasteiger partial charge in [0, 0.05) is 7.26 Å². The molecule has 0 aliphatic rings. The number of rotatable bonds is 18. The number of benzene rings is 3. The Morgan fingerprint density at radius 2 is 0.744 bits per heavy atom. The summed E-state index contributed by atoms with van der Waals surface area (Å²) in [6.07, 6.45) is 20.6. The van der Waals surface area contributed by atoms with E-state index in [1.165, 1.54) is 104 Å². The van der Waals surface area contributed by atoms with Gasteiger partial charge in [0.2, 0.25) is 0 Å². The zero-order valence-corrected chi connectivity index (χ0v) is 30.5. The topological polar surface area (TPSA) is 0 Å². The number of unbranched alkanes of at least 4 members (excludes halogenated alkanes) is 5. The van der Waals surface area contributed by atoms with E-state index < -0.39 is 13.4 Å². The smallest absolute Gasteiger partial charge is 0.0815 e. The molecule has 0 atom stereocenters. The molecular weight excluding hydrogens is 534 g/mol. The largest absolute Gasteiger partial charge is 0.200 e. The van der Waals surface area contributed by atoms with Gasteiger partial charge >= 0.3 is 0 Å².